The molecule has 2 aromatic rings. The number of hydrogen-bond acceptors (Lipinski definition) is 3. The average Bonchev–Trinajstić information content (AvgIpc) is 2.52. The van der Waals surface area contributed by atoms with Crippen molar-refractivity contribution >= 4 is 21.5 Å². The molecule has 0 heterocycles. The number of hydrogen-bond donors (Lipinski definition) is 1. The zero-order valence-corrected chi connectivity index (χ0v) is 14.3. The number of carbonyl (C=O) groups is 1. The van der Waals surface area contributed by atoms with E-state index in [0.717, 1.165) is 6.07 Å². The van der Waals surface area contributed by atoms with Gasteiger partial charge in [0.15, 0.2) is 5.78 Å². The SMILES string of the molecule is CC(=O)c1cccc(NS(=O)(=O)c2cc(C(F)(F)F)cc(C(F)(F)F)c2)c1. The van der Waals surface area contributed by atoms with Crippen LogP contribution in [0.25, 0.3) is 0 Å². The number of sulfonamides is 1. The Bertz CT molecular complexity index is 948. The number of rotatable bonds is 4. The Balaban J connectivity index is 2.55. The van der Waals surface area contributed by atoms with E-state index in [4.69, 9.17) is 0 Å². The third-order valence-corrected chi connectivity index (χ3v) is 4.75. The van der Waals surface area contributed by atoms with Gasteiger partial charge < -0.3 is 0 Å². The maximum atomic E-state index is 12.9. The largest absolute Gasteiger partial charge is 0.416 e. The van der Waals surface area contributed by atoms with Crippen molar-refractivity contribution in [2.45, 2.75) is 24.2 Å². The fraction of sp³-hybridized carbons (Fsp3) is 0.188. The van der Waals surface area contributed by atoms with Crippen LogP contribution in [0.3, 0.4) is 0 Å². The van der Waals surface area contributed by atoms with Crippen LogP contribution in [-0.2, 0) is 22.4 Å². The van der Waals surface area contributed by atoms with Gasteiger partial charge in [0, 0.05) is 11.3 Å². The molecule has 0 aliphatic heterocycles. The minimum Gasteiger partial charge on any atom is -0.295 e. The lowest BCUT2D eigenvalue weighted by molar-refractivity contribution is -0.143. The molecule has 0 bridgehead atoms. The zero-order chi connectivity index (χ0) is 20.6. The van der Waals surface area contributed by atoms with Crippen LogP contribution in [0, 0.1) is 0 Å². The fourth-order valence-corrected chi connectivity index (χ4v) is 3.22. The Labute approximate surface area is 149 Å². The molecule has 0 radical (unpaired) electrons. The summed E-state index contributed by atoms with van der Waals surface area (Å²) in [5, 5.41) is 0. The molecule has 0 aliphatic rings. The van der Waals surface area contributed by atoms with Gasteiger partial charge in [-0.2, -0.15) is 26.3 Å². The van der Waals surface area contributed by atoms with E-state index in [1.54, 1.807) is 0 Å². The summed E-state index contributed by atoms with van der Waals surface area (Å²) in [6, 6.07) is 5.02. The van der Waals surface area contributed by atoms with Gasteiger partial charge in [-0.3, -0.25) is 9.52 Å². The molecule has 0 amide bonds. The van der Waals surface area contributed by atoms with Gasteiger partial charge in [-0.1, -0.05) is 12.1 Å². The van der Waals surface area contributed by atoms with Crippen molar-refractivity contribution in [1.29, 1.82) is 0 Å². The standard InChI is InChI=1S/C16H11F6NO3S/c1-9(24)10-3-2-4-13(5-10)23-27(25,26)14-7-11(15(17,18)19)6-12(8-14)16(20,21)22/h2-8,23H,1H3. The van der Waals surface area contributed by atoms with Gasteiger partial charge in [-0.25, -0.2) is 8.42 Å². The van der Waals surface area contributed by atoms with Gasteiger partial charge in [0.1, 0.15) is 0 Å². The third kappa shape index (κ3) is 5.00. The van der Waals surface area contributed by atoms with Gasteiger partial charge in [0.25, 0.3) is 10.0 Å². The molecular weight excluding hydrogens is 400 g/mol. The first-order valence-electron chi connectivity index (χ1n) is 7.13. The number of carbonyl (C=O) groups excluding carboxylic acids is 1. The molecule has 0 aromatic heterocycles. The molecule has 0 unspecified atom stereocenters. The summed E-state index contributed by atoms with van der Waals surface area (Å²) in [7, 11) is -4.78. The van der Waals surface area contributed by atoms with Gasteiger partial charge in [-0.05, 0) is 37.3 Å². The Morgan fingerprint density at radius 1 is 0.889 bits per heavy atom. The van der Waals surface area contributed by atoms with E-state index < -0.39 is 44.2 Å². The number of alkyl halides is 6. The molecule has 11 heteroatoms. The van der Waals surface area contributed by atoms with E-state index in [-0.39, 0.29) is 29.4 Å². The highest BCUT2D eigenvalue weighted by atomic mass is 32.2. The van der Waals surface area contributed by atoms with Crippen LogP contribution in [0.2, 0.25) is 0 Å². The molecule has 1 N–H and O–H groups in total. The molecule has 0 saturated carbocycles. The smallest absolute Gasteiger partial charge is 0.295 e. The normalized spacial score (nSPS) is 12.7. The van der Waals surface area contributed by atoms with E-state index in [2.05, 4.69) is 0 Å². The second-order valence-corrected chi connectivity index (χ2v) is 7.17. The molecule has 0 spiro atoms. The number of nitrogens with one attached hydrogen (secondary N) is 1. The topological polar surface area (TPSA) is 63.2 Å². The van der Waals surface area contributed by atoms with Crippen molar-refractivity contribution < 1.29 is 39.6 Å². The van der Waals surface area contributed by atoms with E-state index in [1.807, 2.05) is 4.72 Å². The molecule has 0 saturated heterocycles. The minimum atomic E-state index is -5.18. The summed E-state index contributed by atoms with van der Waals surface area (Å²) >= 11 is 0. The summed E-state index contributed by atoms with van der Waals surface area (Å²) in [4.78, 5) is 10.1. The Kier molecular flexibility index (Phi) is 5.28. The Hall–Kier alpha value is -2.56. The zero-order valence-electron chi connectivity index (χ0n) is 13.4. The predicted molar refractivity (Wildman–Crippen MR) is 83.7 cm³/mol. The van der Waals surface area contributed by atoms with E-state index >= 15 is 0 Å². The summed E-state index contributed by atoms with van der Waals surface area (Å²) in [5.74, 6) is -0.408. The molecule has 2 aromatic carbocycles. The first-order valence-corrected chi connectivity index (χ1v) is 8.62. The highest BCUT2D eigenvalue weighted by Gasteiger charge is 2.38. The van der Waals surface area contributed by atoms with Crippen LogP contribution in [0.4, 0.5) is 32.0 Å². The van der Waals surface area contributed by atoms with Crippen LogP contribution >= 0.6 is 0 Å². The number of Topliss-reactive ketones (excluding diaryl/α,β-unsaturated/α-hetero) is 1. The summed E-state index contributed by atoms with van der Waals surface area (Å²) in [6.07, 6.45) is -10.4. The van der Waals surface area contributed by atoms with Crippen molar-refractivity contribution in [3.8, 4) is 0 Å². The van der Waals surface area contributed by atoms with Gasteiger partial charge in [0.2, 0.25) is 0 Å². The van der Waals surface area contributed by atoms with Crippen molar-refractivity contribution in [3.63, 3.8) is 0 Å². The minimum absolute atomic E-state index is 0.104. The van der Waals surface area contributed by atoms with Gasteiger partial charge in [0.05, 0.1) is 16.0 Å². The lowest BCUT2D eigenvalue weighted by atomic mass is 10.1. The molecule has 146 valence electrons. The van der Waals surface area contributed by atoms with Crippen LogP contribution in [0.15, 0.2) is 47.4 Å². The van der Waals surface area contributed by atoms with Crippen LogP contribution < -0.4 is 4.72 Å². The van der Waals surface area contributed by atoms with Crippen LogP contribution in [0.1, 0.15) is 28.4 Å². The van der Waals surface area contributed by atoms with Crippen molar-refractivity contribution in [1.82, 2.24) is 0 Å². The monoisotopic (exact) mass is 411 g/mol. The van der Waals surface area contributed by atoms with E-state index in [1.165, 1.54) is 25.1 Å². The number of anilines is 1. The molecular formula is C16H11F6NO3S. The summed E-state index contributed by atoms with van der Waals surface area (Å²) in [5.41, 5.74) is -3.59. The Morgan fingerprint density at radius 3 is 1.85 bits per heavy atom. The first kappa shape index (κ1) is 20.7. The Morgan fingerprint density at radius 2 is 1.41 bits per heavy atom. The molecule has 2 rings (SSSR count). The molecule has 0 aliphatic carbocycles. The van der Waals surface area contributed by atoms with Gasteiger partial charge in [-0.15, -0.1) is 0 Å². The highest BCUT2D eigenvalue weighted by Crippen LogP contribution is 2.37. The first-order chi connectivity index (χ1) is 12.2. The maximum Gasteiger partial charge on any atom is 0.416 e. The number of halogens is 6. The predicted octanol–water partition coefficient (Wildman–Crippen LogP) is 4.73. The molecule has 0 atom stereocenters. The lowest BCUT2D eigenvalue weighted by Gasteiger charge is -2.15. The van der Waals surface area contributed by atoms with E-state index in [0.29, 0.717) is 0 Å². The van der Waals surface area contributed by atoms with Crippen molar-refractivity contribution in [2.24, 2.45) is 0 Å². The lowest BCUT2D eigenvalue weighted by Crippen LogP contribution is -2.17. The summed E-state index contributed by atoms with van der Waals surface area (Å²) in [6.45, 7) is 1.20. The number of benzene rings is 2. The molecule has 4 nitrogen and oxygen atoms in total. The molecule has 27 heavy (non-hydrogen) atoms. The fourth-order valence-electron chi connectivity index (χ4n) is 2.10. The second kappa shape index (κ2) is 6.87. The van der Waals surface area contributed by atoms with Gasteiger partial charge >= 0.3 is 12.4 Å². The van der Waals surface area contributed by atoms with Crippen LogP contribution in [0.5, 0.6) is 0 Å². The summed E-state index contributed by atoms with van der Waals surface area (Å²) < 4.78 is 104. The highest BCUT2D eigenvalue weighted by molar-refractivity contribution is 7.92. The van der Waals surface area contributed by atoms with Crippen LogP contribution in [-0.4, -0.2) is 14.2 Å². The van der Waals surface area contributed by atoms with E-state index in [9.17, 15) is 39.6 Å². The average molecular weight is 411 g/mol. The van der Waals surface area contributed by atoms with Crippen molar-refractivity contribution in [3.05, 3.63) is 59.2 Å². The second-order valence-electron chi connectivity index (χ2n) is 5.48. The molecule has 0 fully saturated rings. The maximum absolute atomic E-state index is 12.9. The third-order valence-electron chi connectivity index (χ3n) is 3.39. The number of ketones is 1. The van der Waals surface area contributed by atoms with Crippen molar-refractivity contribution in [2.75, 3.05) is 4.72 Å². The quantitative estimate of drug-likeness (QED) is 0.585.